The predicted octanol–water partition coefficient (Wildman–Crippen LogP) is 2.48. The van der Waals surface area contributed by atoms with E-state index in [1.807, 2.05) is 0 Å². The van der Waals surface area contributed by atoms with Gasteiger partial charge in [-0.15, -0.1) is 0 Å². The Balaban J connectivity index is 1.49. The molecule has 0 bridgehead atoms. The Morgan fingerprint density at radius 2 is 2.15 bits per heavy atom. The molecule has 1 N–H and O–H groups in total. The topological polar surface area (TPSA) is 24.5 Å². The van der Waals surface area contributed by atoms with E-state index in [9.17, 15) is 0 Å². The summed E-state index contributed by atoms with van der Waals surface area (Å²) in [6.45, 7) is 5.61. The molecule has 0 amide bonds. The summed E-state index contributed by atoms with van der Waals surface area (Å²) in [5, 5.41) is 3.70. The minimum Gasteiger partial charge on any atom is -0.493 e. The standard InChI is InChI=1S/C17H26N2O/c1-19-9-4-5-14(13-19)11-18-12-15-8-10-20-17-7-3-2-6-16(15)17/h2-3,6-7,14-15,18H,4-5,8-13H2,1H3. The van der Waals surface area contributed by atoms with Gasteiger partial charge in [0.15, 0.2) is 0 Å². The maximum absolute atomic E-state index is 5.73. The molecule has 0 aromatic heterocycles. The lowest BCUT2D eigenvalue weighted by Gasteiger charge is -2.31. The van der Waals surface area contributed by atoms with Crippen molar-refractivity contribution in [2.75, 3.05) is 39.8 Å². The van der Waals surface area contributed by atoms with Gasteiger partial charge in [0.1, 0.15) is 5.75 Å². The van der Waals surface area contributed by atoms with E-state index in [2.05, 4.69) is 41.5 Å². The molecule has 0 spiro atoms. The van der Waals surface area contributed by atoms with Crippen LogP contribution in [0.25, 0.3) is 0 Å². The number of fused-ring (bicyclic) bond motifs is 1. The summed E-state index contributed by atoms with van der Waals surface area (Å²) >= 11 is 0. The van der Waals surface area contributed by atoms with E-state index in [0.717, 1.165) is 37.8 Å². The first-order valence-corrected chi connectivity index (χ1v) is 7.94. The van der Waals surface area contributed by atoms with Gasteiger partial charge in [-0.3, -0.25) is 0 Å². The first kappa shape index (κ1) is 13.9. The van der Waals surface area contributed by atoms with Crippen LogP contribution < -0.4 is 10.1 Å². The molecule has 1 aromatic carbocycles. The van der Waals surface area contributed by atoms with Crippen LogP contribution in [0.2, 0.25) is 0 Å². The molecule has 110 valence electrons. The number of ether oxygens (including phenoxy) is 1. The molecule has 3 heteroatoms. The van der Waals surface area contributed by atoms with E-state index >= 15 is 0 Å². The van der Waals surface area contributed by atoms with Crippen LogP contribution in [0, 0.1) is 5.92 Å². The van der Waals surface area contributed by atoms with Crippen LogP contribution in [0.1, 0.15) is 30.7 Å². The Bertz CT molecular complexity index is 435. The predicted molar refractivity (Wildman–Crippen MR) is 82.4 cm³/mol. The van der Waals surface area contributed by atoms with Gasteiger partial charge in [0.2, 0.25) is 0 Å². The Hall–Kier alpha value is -1.06. The van der Waals surface area contributed by atoms with E-state index in [4.69, 9.17) is 4.74 Å². The van der Waals surface area contributed by atoms with E-state index < -0.39 is 0 Å². The molecule has 2 aliphatic rings. The first-order chi connectivity index (χ1) is 9.83. The van der Waals surface area contributed by atoms with Gasteiger partial charge in [0, 0.05) is 19.0 Å². The van der Waals surface area contributed by atoms with Gasteiger partial charge in [-0.25, -0.2) is 0 Å². The Morgan fingerprint density at radius 1 is 1.25 bits per heavy atom. The highest BCUT2D eigenvalue weighted by molar-refractivity contribution is 5.37. The van der Waals surface area contributed by atoms with Gasteiger partial charge in [0.25, 0.3) is 0 Å². The van der Waals surface area contributed by atoms with Gasteiger partial charge in [-0.1, -0.05) is 18.2 Å². The zero-order chi connectivity index (χ0) is 13.8. The zero-order valence-electron chi connectivity index (χ0n) is 12.5. The lowest BCUT2D eigenvalue weighted by molar-refractivity contribution is 0.204. The van der Waals surface area contributed by atoms with Crippen molar-refractivity contribution in [1.82, 2.24) is 10.2 Å². The molecular formula is C17H26N2O. The molecule has 20 heavy (non-hydrogen) atoms. The minimum atomic E-state index is 0.612. The average molecular weight is 274 g/mol. The zero-order valence-corrected chi connectivity index (χ0v) is 12.5. The van der Waals surface area contributed by atoms with Crippen molar-refractivity contribution in [3.63, 3.8) is 0 Å². The maximum atomic E-state index is 5.73. The summed E-state index contributed by atoms with van der Waals surface area (Å²) in [7, 11) is 2.24. The number of benzene rings is 1. The molecule has 1 aromatic rings. The van der Waals surface area contributed by atoms with Crippen LogP contribution >= 0.6 is 0 Å². The summed E-state index contributed by atoms with van der Waals surface area (Å²) in [4.78, 5) is 2.46. The van der Waals surface area contributed by atoms with Gasteiger partial charge in [0.05, 0.1) is 6.61 Å². The highest BCUT2D eigenvalue weighted by Gasteiger charge is 2.22. The Labute approximate surface area is 122 Å². The summed E-state index contributed by atoms with van der Waals surface area (Å²) in [6, 6.07) is 8.50. The maximum Gasteiger partial charge on any atom is 0.122 e. The van der Waals surface area contributed by atoms with E-state index in [0.29, 0.717) is 5.92 Å². The van der Waals surface area contributed by atoms with Gasteiger partial charge < -0.3 is 15.0 Å². The highest BCUT2D eigenvalue weighted by atomic mass is 16.5. The third-order valence-corrected chi connectivity index (χ3v) is 4.63. The number of rotatable bonds is 4. The Morgan fingerprint density at radius 3 is 3.05 bits per heavy atom. The number of nitrogens with zero attached hydrogens (tertiary/aromatic N) is 1. The van der Waals surface area contributed by atoms with Crippen LogP contribution in [0.3, 0.4) is 0 Å². The molecule has 2 unspecified atom stereocenters. The fraction of sp³-hybridized carbons (Fsp3) is 0.647. The molecule has 0 saturated carbocycles. The third-order valence-electron chi connectivity index (χ3n) is 4.63. The van der Waals surface area contributed by atoms with Crippen molar-refractivity contribution in [3.05, 3.63) is 29.8 Å². The van der Waals surface area contributed by atoms with Crippen LogP contribution in [0.15, 0.2) is 24.3 Å². The summed E-state index contributed by atoms with van der Waals surface area (Å²) in [5.74, 6) is 2.52. The molecule has 2 aliphatic heterocycles. The summed E-state index contributed by atoms with van der Waals surface area (Å²) in [6.07, 6.45) is 3.86. The van der Waals surface area contributed by atoms with E-state index in [1.54, 1.807) is 0 Å². The number of para-hydroxylation sites is 1. The quantitative estimate of drug-likeness (QED) is 0.913. The SMILES string of the molecule is CN1CCCC(CNCC2CCOc3ccccc32)C1. The molecule has 3 nitrogen and oxygen atoms in total. The van der Waals surface area contributed by atoms with Gasteiger partial charge >= 0.3 is 0 Å². The number of piperidine rings is 1. The first-order valence-electron chi connectivity index (χ1n) is 7.94. The molecule has 2 heterocycles. The second kappa shape index (κ2) is 6.59. The van der Waals surface area contributed by atoms with Crippen LogP contribution in [0.5, 0.6) is 5.75 Å². The van der Waals surface area contributed by atoms with Crippen LogP contribution in [-0.2, 0) is 0 Å². The monoisotopic (exact) mass is 274 g/mol. The molecule has 1 saturated heterocycles. The minimum absolute atomic E-state index is 0.612. The number of nitrogens with one attached hydrogen (secondary N) is 1. The molecule has 3 rings (SSSR count). The largest absolute Gasteiger partial charge is 0.493 e. The molecule has 0 aliphatic carbocycles. The van der Waals surface area contributed by atoms with Crippen molar-refractivity contribution in [3.8, 4) is 5.75 Å². The van der Waals surface area contributed by atoms with Crippen molar-refractivity contribution < 1.29 is 4.74 Å². The molecule has 1 fully saturated rings. The van der Waals surface area contributed by atoms with Crippen LogP contribution in [-0.4, -0.2) is 44.7 Å². The fourth-order valence-corrected chi connectivity index (χ4v) is 3.53. The highest BCUT2D eigenvalue weighted by Crippen LogP contribution is 2.32. The molecular weight excluding hydrogens is 248 g/mol. The molecule has 2 atom stereocenters. The summed E-state index contributed by atoms with van der Waals surface area (Å²) in [5.41, 5.74) is 1.38. The fourth-order valence-electron chi connectivity index (χ4n) is 3.53. The lowest BCUT2D eigenvalue weighted by Crippen LogP contribution is -2.38. The van der Waals surface area contributed by atoms with Crippen molar-refractivity contribution >= 4 is 0 Å². The van der Waals surface area contributed by atoms with Crippen LogP contribution in [0.4, 0.5) is 0 Å². The second-order valence-electron chi connectivity index (χ2n) is 6.30. The summed E-state index contributed by atoms with van der Waals surface area (Å²) < 4.78 is 5.73. The van der Waals surface area contributed by atoms with E-state index in [-0.39, 0.29) is 0 Å². The number of hydrogen-bond donors (Lipinski definition) is 1. The lowest BCUT2D eigenvalue weighted by atomic mass is 9.92. The van der Waals surface area contributed by atoms with Gasteiger partial charge in [-0.2, -0.15) is 0 Å². The molecule has 0 radical (unpaired) electrons. The average Bonchev–Trinajstić information content (AvgIpc) is 2.48. The normalized spacial score (nSPS) is 26.9. The van der Waals surface area contributed by atoms with Crippen molar-refractivity contribution in [2.45, 2.75) is 25.2 Å². The van der Waals surface area contributed by atoms with E-state index in [1.165, 1.54) is 31.5 Å². The smallest absolute Gasteiger partial charge is 0.122 e. The Kier molecular flexibility index (Phi) is 4.58. The number of hydrogen-bond acceptors (Lipinski definition) is 3. The van der Waals surface area contributed by atoms with Crippen molar-refractivity contribution in [2.24, 2.45) is 5.92 Å². The third kappa shape index (κ3) is 3.33. The van der Waals surface area contributed by atoms with Crippen molar-refractivity contribution in [1.29, 1.82) is 0 Å². The second-order valence-corrected chi connectivity index (χ2v) is 6.30. The van der Waals surface area contributed by atoms with Gasteiger partial charge in [-0.05, 0) is 56.9 Å². The number of likely N-dealkylation sites (tertiary alicyclic amines) is 1.